The second-order valence-electron chi connectivity index (χ2n) is 12.2. The van der Waals surface area contributed by atoms with Gasteiger partial charge in [-0.1, -0.05) is 164 Å². The Morgan fingerprint density at radius 3 is 1.37 bits per heavy atom. The number of aromatic nitrogens is 2. The predicted octanol–water partition coefficient (Wildman–Crippen LogP) is 12.8. The van der Waals surface area contributed by atoms with Crippen molar-refractivity contribution in [2.75, 3.05) is 0 Å². The molecule has 0 aliphatic carbocycles. The molecule has 0 saturated carbocycles. The van der Waals surface area contributed by atoms with E-state index in [-0.39, 0.29) is 0 Å². The zero-order chi connectivity index (χ0) is 32.6. The minimum absolute atomic E-state index is 0.734. The fourth-order valence-electron chi connectivity index (χ4n) is 6.61. The summed E-state index contributed by atoms with van der Waals surface area (Å²) in [6.07, 6.45) is 0. The van der Waals surface area contributed by atoms with Crippen LogP contribution in [0.1, 0.15) is 0 Å². The van der Waals surface area contributed by atoms with Crippen LogP contribution in [0.25, 0.3) is 87.5 Å². The van der Waals surface area contributed by atoms with Crippen molar-refractivity contribution in [1.82, 2.24) is 9.97 Å². The summed E-state index contributed by atoms with van der Waals surface area (Å²) in [7, 11) is 0. The van der Waals surface area contributed by atoms with Gasteiger partial charge >= 0.3 is 0 Å². The molecule has 0 fully saturated rings. The van der Waals surface area contributed by atoms with Gasteiger partial charge in [-0.2, -0.15) is 0 Å². The first-order chi connectivity index (χ1) is 24.3. The van der Waals surface area contributed by atoms with Gasteiger partial charge < -0.3 is 0 Å². The van der Waals surface area contributed by atoms with E-state index in [1.165, 1.54) is 43.5 Å². The Kier molecular flexibility index (Phi) is 7.38. The van der Waals surface area contributed by atoms with Crippen molar-refractivity contribution >= 4 is 31.6 Å². The number of rotatable bonds is 6. The van der Waals surface area contributed by atoms with E-state index in [4.69, 9.17) is 9.97 Å². The van der Waals surface area contributed by atoms with Crippen LogP contribution >= 0.6 is 11.3 Å². The van der Waals surface area contributed by atoms with Gasteiger partial charge in [0.2, 0.25) is 0 Å². The fourth-order valence-corrected chi connectivity index (χ4v) is 7.69. The molecule has 0 unspecified atom stereocenters. The summed E-state index contributed by atoms with van der Waals surface area (Å²) in [5.74, 6) is 0.734. The van der Waals surface area contributed by atoms with Crippen LogP contribution in [0.4, 0.5) is 0 Å². The van der Waals surface area contributed by atoms with Crippen molar-refractivity contribution in [3.8, 4) is 67.2 Å². The molecular weight excluding hydrogens is 613 g/mol. The third kappa shape index (κ3) is 5.61. The molecule has 230 valence electrons. The standard InChI is InChI=1S/C46H30N2S/c1-3-11-31(12-4-1)33-25-27-36(28-26-33)44-43-41-19-7-8-20-42(41)49-46(43)48-45(47-44)40-18-10-17-39(30-40)35-23-21-34(22-24-35)38-16-9-15-37(29-38)32-13-5-2-6-14-32/h1-30H. The first-order valence-electron chi connectivity index (χ1n) is 16.5. The zero-order valence-electron chi connectivity index (χ0n) is 26.6. The van der Waals surface area contributed by atoms with Crippen molar-refractivity contribution in [1.29, 1.82) is 0 Å². The predicted molar refractivity (Wildman–Crippen MR) is 208 cm³/mol. The lowest BCUT2D eigenvalue weighted by Gasteiger charge is -2.10. The number of nitrogens with zero attached hydrogens (tertiary/aromatic N) is 2. The molecule has 2 heterocycles. The zero-order valence-corrected chi connectivity index (χ0v) is 27.4. The van der Waals surface area contributed by atoms with Gasteiger partial charge in [0.1, 0.15) is 4.83 Å². The topological polar surface area (TPSA) is 25.8 Å². The van der Waals surface area contributed by atoms with E-state index in [9.17, 15) is 0 Å². The van der Waals surface area contributed by atoms with Crippen molar-refractivity contribution in [3.63, 3.8) is 0 Å². The molecule has 49 heavy (non-hydrogen) atoms. The van der Waals surface area contributed by atoms with Crippen molar-refractivity contribution in [2.24, 2.45) is 0 Å². The highest BCUT2D eigenvalue weighted by molar-refractivity contribution is 7.25. The molecule has 9 aromatic rings. The van der Waals surface area contributed by atoms with E-state index in [0.717, 1.165) is 44.0 Å². The number of thiophene rings is 1. The Morgan fingerprint density at radius 1 is 0.327 bits per heavy atom. The second-order valence-corrected chi connectivity index (χ2v) is 13.3. The van der Waals surface area contributed by atoms with Crippen LogP contribution in [0.15, 0.2) is 182 Å². The van der Waals surface area contributed by atoms with Crippen LogP contribution in [0.2, 0.25) is 0 Å². The molecule has 0 radical (unpaired) electrons. The van der Waals surface area contributed by atoms with Crippen LogP contribution in [0.3, 0.4) is 0 Å². The molecular formula is C46H30N2S. The van der Waals surface area contributed by atoms with Gasteiger partial charge in [-0.05, 0) is 62.7 Å². The number of hydrogen-bond acceptors (Lipinski definition) is 3. The Balaban J connectivity index is 1.09. The lowest BCUT2D eigenvalue weighted by atomic mass is 9.96. The van der Waals surface area contributed by atoms with E-state index in [0.29, 0.717) is 0 Å². The van der Waals surface area contributed by atoms with E-state index in [1.54, 1.807) is 11.3 Å². The van der Waals surface area contributed by atoms with Gasteiger partial charge in [-0.3, -0.25) is 0 Å². The first kappa shape index (κ1) is 29.0. The summed E-state index contributed by atoms with van der Waals surface area (Å²) in [6, 6.07) is 64.5. The Morgan fingerprint density at radius 2 is 0.755 bits per heavy atom. The average Bonchev–Trinajstić information content (AvgIpc) is 3.57. The van der Waals surface area contributed by atoms with Gasteiger partial charge in [-0.25, -0.2) is 9.97 Å². The molecule has 0 aliphatic heterocycles. The largest absolute Gasteiger partial charge is 0.227 e. The Bertz CT molecular complexity index is 2570. The van der Waals surface area contributed by atoms with Crippen LogP contribution in [-0.2, 0) is 0 Å². The molecule has 0 N–H and O–H groups in total. The van der Waals surface area contributed by atoms with Crippen molar-refractivity contribution in [2.45, 2.75) is 0 Å². The fraction of sp³-hybridized carbons (Fsp3) is 0. The smallest absolute Gasteiger partial charge is 0.161 e. The quantitative estimate of drug-likeness (QED) is 0.180. The molecule has 3 heteroatoms. The molecule has 7 aromatic carbocycles. The van der Waals surface area contributed by atoms with Crippen LogP contribution < -0.4 is 0 Å². The molecule has 0 aliphatic rings. The number of hydrogen-bond donors (Lipinski definition) is 0. The third-order valence-corrected chi connectivity index (χ3v) is 10.2. The minimum atomic E-state index is 0.734. The second kappa shape index (κ2) is 12.5. The van der Waals surface area contributed by atoms with E-state index in [2.05, 4.69) is 182 Å². The molecule has 2 nitrogen and oxygen atoms in total. The lowest BCUT2D eigenvalue weighted by molar-refractivity contribution is 1.24. The lowest BCUT2D eigenvalue weighted by Crippen LogP contribution is -1.94. The molecule has 0 saturated heterocycles. The van der Waals surface area contributed by atoms with Gasteiger partial charge in [-0.15, -0.1) is 11.3 Å². The molecule has 0 amide bonds. The summed E-state index contributed by atoms with van der Waals surface area (Å²) < 4.78 is 1.22. The van der Waals surface area contributed by atoms with Crippen molar-refractivity contribution in [3.05, 3.63) is 182 Å². The molecule has 0 atom stereocenters. The van der Waals surface area contributed by atoms with E-state index < -0.39 is 0 Å². The first-order valence-corrected chi connectivity index (χ1v) is 17.3. The van der Waals surface area contributed by atoms with Gasteiger partial charge in [0.15, 0.2) is 5.82 Å². The number of fused-ring (bicyclic) bond motifs is 3. The van der Waals surface area contributed by atoms with E-state index in [1.807, 2.05) is 0 Å². The molecule has 9 rings (SSSR count). The minimum Gasteiger partial charge on any atom is -0.227 e. The van der Waals surface area contributed by atoms with Crippen molar-refractivity contribution < 1.29 is 0 Å². The SMILES string of the molecule is c1ccc(-c2ccc(-c3nc(-c4cccc(-c5ccc(-c6cccc(-c7ccccc7)c6)cc5)c4)nc4sc5ccccc5c34)cc2)cc1. The van der Waals surface area contributed by atoms with Gasteiger partial charge in [0, 0.05) is 26.6 Å². The van der Waals surface area contributed by atoms with Gasteiger partial charge in [0.05, 0.1) is 5.69 Å². The highest BCUT2D eigenvalue weighted by Crippen LogP contribution is 2.40. The highest BCUT2D eigenvalue weighted by Gasteiger charge is 2.17. The maximum Gasteiger partial charge on any atom is 0.161 e. The maximum atomic E-state index is 5.28. The average molecular weight is 643 g/mol. The normalized spacial score (nSPS) is 11.3. The summed E-state index contributed by atoms with van der Waals surface area (Å²) in [5, 5.41) is 2.30. The third-order valence-electron chi connectivity index (χ3n) is 9.15. The summed E-state index contributed by atoms with van der Waals surface area (Å²) >= 11 is 1.73. The summed E-state index contributed by atoms with van der Waals surface area (Å²) in [5.41, 5.74) is 12.6. The Hall–Kier alpha value is -6.16. The van der Waals surface area contributed by atoms with Crippen LogP contribution in [0.5, 0.6) is 0 Å². The number of benzene rings is 7. The van der Waals surface area contributed by atoms with Crippen LogP contribution in [-0.4, -0.2) is 9.97 Å². The van der Waals surface area contributed by atoms with Gasteiger partial charge in [0.25, 0.3) is 0 Å². The summed E-state index contributed by atoms with van der Waals surface area (Å²) in [6.45, 7) is 0. The Labute approximate surface area is 289 Å². The van der Waals surface area contributed by atoms with Crippen LogP contribution in [0, 0.1) is 0 Å². The molecule has 2 aromatic heterocycles. The highest BCUT2D eigenvalue weighted by atomic mass is 32.1. The maximum absolute atomic E-state index is 5.28. The molecule has 0 spiro atoms. The summed E-state index contributed by atoms with van der Waals surface area (Å²) in [4.78, 5) is 11.4. The monoisotopic (exact) mass is 642 g/mol. The van der Waals surface area contributed by atoms with E-state index >= 15 is 0 Å². The molecule has 0 bridgehead atoms.